The summed E-state index contributed by atoms with van der Waals surface area (Å²) in [4.78, 5) is 14.7. The molecule has 0 bridgehead atoms. The van der Waals surface area contributed by atoms with E-state index in [-0.39, 0.29) is 11.6 Å². The van der Waals surface area contributed by atoms with Crippen molar-refractivity contribution in [2.75, 3.05) is 18.0 Å². The van der Waals surface area contributed by atoms with Crippen LogP contribution in [-0.2, 0) is 29.9 Å². The lowest BCUT2D eigenvalue weighted by Crippen LogP contribution is -2.52. The van der Waals surface area contributed by atoms with Crippen LogP contribution in [0.15, 0.2) is 65.8 Å². The van der Waals surface area contributed by atoms with Crippen molar-refractivity contribution in [3.8, 4) is 0 Å². The van der Waals surface area contributed by atoms with Gasteiger partial charge < -0.3 is 0 Å². The molecule has 156 valence electrons. The second-order valence-corrected chi connectivity index (χ2v) is 9.30. The normalized spacial score (nSPS) is 15.3. The lowest BCUT2D eigenvalue weighted by atomic mass is 10.1. The summed E-state index contributed by atoms with van der Waals surface area (Å²) in [5.41, 5.74) is 2.28. The zero-order valence-electron chi connectivity index (χ0n) is 16.4. The molecule has 0 unspecified atom stereocenters. The molecule has 0 atom stereocenters. The van der Waals surface area contributed by atoms with Crippen LogP contribution < -0.4 is 4.90 Å². The Kier molecular flexibility index (Phi) is 5.53. The van der Waals surface area contributed by atoms with E-state index in [9.17, 15) is 13.2 Å². The highest BCUT2D eigenvalue weighted by atomic mass is 35.5. The van der Waals surface area contributed by atoms with Gasteiger partial charge in [0.1, 0.15) is 5.69 Å². The van der Waals surface area contributed by atoms with Gasteiger partial charge in [-0.3, -0.25) is 9.58 Å². The average Bonchev–Trinajstić information content (AvgIpc) is 3.12. The number of fused-ring (bicyclic) bond motifs is 1. The maximum Gasteiger partial charge on any atom is 0.338 e. The molecule has 0 N–H and O–H groups in total. The Morgan fingerprint density at radius 1 is 0.933 bits per heavy atom. The summed E-state index contributed by atoms with van der Waals surface area (Å²) in [7, 11) is -2.42. The number of halogens is 1. The first-order chi connectivity index (χ1) is 14.4. The maximum absolute atomic E-state index is 13.2. The fraction of sp³-hybridized carbons (Fsp3) is 0.238. The Morgan fingerprint density at radius 2 is 1.57 bits per heavy atom. The third-order valence-electron chi connectivity index (χ3n) is 5.12. The van der Waals surface area contributed by atoms with Gasteiger partial charge in [-0.15, -0.1) is 0 Å². The van der Waals surface area contributed by atoms with Crippen LogP contribution in [0.25, 0.3) is 0 Å². The second-order valence-electron chi connectivity index (χ2n) is 7.08. The van der Waals surface area contributed by atoms with Crippen LogP contribution in [0.4, 0.5) is 10.5 Å². The SMILES string of the molecule is Cn1ncc2c1S(=O)(=O)N(CCc1ccccc1)C(=O)N2CCc1ccc(Cl)cc1. The van der Waals surface area contributed by atoms with Crippen molar-refractivity contribution in [3.05, 3.63) is 76.9 Å². The van der Waals surface area contributed by atoms with Crippen LogP contribution >= 0.6 is 11.6 Å². The molecule has 3 aromatic rings. The molecule has 9 heteroatoms. The van der Waals surface area contributed by atoms with Gasteiger partial charge >= 0.3 is 6.03 Å². The first-order valence-electron chi connectivity index (χ1n) is 9.52. The molecule has 1 aliphatic rings. The number of urea groups is 1. The summed E-state index contributed by atoms with van der Waals surface area (Å²) >= 11 is 5.94. The predicted octanol–water partition coefficient (Wildman–Crippen LogP) is 3.49. The number of carbonyl (C=O) groups excluding carboxylic acids is 1. The van der Waals surface area contributed by atoms with E-state index in [2.05, 4.69) is 5.10 Å². The van der Waals surface area contributed by atoms with Crippen molar-refractivity contribution in [1.29, 1.82) is 0 Å². The monoisotopic (exact) mass is 444 g/mol. The van der Waals surface area contributed by atoms with Gasteiger partial charge in [-0.1, -0.05) is 54.1 Å². The van der Waals surface area contributed by atoms with Crippen LogP contribution in [0.2, 0.25) is 5.02 Å². The van der Waals surface area contributed by atoms with Crippen molar-refractivity contribution in [2.45, 2.75) is 17.9 Å². The van der Waals surface area contributed by atoms with Gasteiger partial charge in [-0.25, -0.2) is 9.10 Å². The van der Waals surface area contributed by atoms with Gasteiger partial charge in [-0.2, -0.15) is 13.5 Å². The number of hydrogen-bond acceptors (Lipinski definition) is 4. The number of hydrogen-bond donors (Lipinski definition) is 0. The quantitative estimate of drug-likeness (QED) is 0.583. The van der Waals surface area contributed by atoms with Gasteiger partial charge in [0.2, 0.25) is 0 Å². The third kappa shape index (κ3) is 3.80. The second kappa shape index (κ2) is 8.12. The summed E-state index contributed by atoms with van der Waals surface area (Å²) in [6.45, 7) is 0.393. The minimum Gasteiger partial charge on any atom is -0.289 e. The Hall–Kier alpha value is -2.84. The van der Waals surface area contributed by atoms with Gasteiger partial charge in [0.15, 0.2) is 5.03 Å². The molecule has 1 aliphatic heterocycles. The van der Waals surface area contributed by atoms with Crippen LogP contribution in [0, 0.1) is 0 Å². The van der Waals surface area contributed by atoms with Crippen LogP contribution in [-0.4, -0.2) is 41.6 Å². The predicted molar refractivity (Wildman–Crippen MR) is 115 cm³/mol. The molecule has 1 aromatic heterocycles. The molecular formula is C21H21ClN4O3S. The molecule has 0 radical (unpaired) electrons. The molecular weight excluding hydrogens is 424 g/mol. The fourth-order valence-electron chi connectivity index (χ4n) is 3.54. The summed E-state index contributed by atoms with van der Waals surface area (Å²) in [5, 5.41) is 4.77. The van der Waals surface area contributed by atoms with E-state index in [1.807, 2.05) is 42.5 Å². The van der Waals surface area contributed by atoms with E-state index >= 15 is 0 Å². The van der Waals surface area contributed by atoms with E-state index in [0.717, 1.165) is 15.4 Å². The van der Waals surface area contributed by atoms with E-state index in [1.54, 1.807) is 19.2 Å². The number of anilines is 1. The molecule has 4 rings (SSSR count). The number of sulfonamides is 1. The fourth-order valence-corrected chi connectivity index (χ4v) is 5.32. The Labute approximate surface area is 180 Å². The van der Waals surface area contributed by atoms with E-state index in [0.29, 0.717) is 30.1 Å². The van der Waals surface area contributed by atoms with Gasteiger partial charge in [0, 0.05) is 25.2 Å². The number of carbonyl (C=O) groups is 1. The lowest BCUT2D eigenvalue weighted by Gasteiger charge is -2.34. The van der Waals surface area contributed by atoms with Crippen LogP contribution in [0.3, 0.4) is 0 Å². The molecule has 2 amide bonds. The summed E-state index contributed by atoms with van der Waals surface area (Å²) in [5.74, 6) is 0. The first kappa shape index (κ1) is 20.4. The van der Waals surface area contributed by atoms with E-state index in [1.165, 1.54) is 15.8 Å². The number of rotatable bonds is 6. The molecule has 0 spiro atoms. The molecule has 0 saturated carbocycles. The van der Waals surface area contributed by atoms with Crippen molar-refractivity contribution < 1.29 is 13.2 Å². The number of aryl methyl sites for hydroxylation is 1. The topological polar surface area (TPSA) is 75.5 Å². The zero-order chi connectivity index (χ0) is 21.3. The number of nitrogens with zero attached hydrogens (tertiary/aromatic N) is 4. The summed E-state index contributed by atoms with van der Waals surface area (Å²) in [6, 6.07) is 16.3. The molecule has 2 heterocycles. The molecule has 30 heavy (non-hydrogen) atoms. The molecule has 0 aliphatic carbocycles. The van der Waals surface area contributed by atoms with Gasteiger partial charge in [0.05, 0.1) is 6.20 Å². The van der Waals surface area contributed by atoms with Crippen molar-refractivity contribution in [3.63, 3.8) is 0 Å². The standard InChI is InChI=1S/C21H21ClN4O3S/c1-24-20-19(15-23-24)25(13-11-17-7-9-18(22)10-8-17)21(27)26(30(20,28)29)14-12-16-5-3-2-4-6-16/h2-10,15H,11-14H2,1H3. The molecule has 2 aromatic carbocycles. The van der Waals surface area contributed by atoms with Crippen molar-refractivity contribution in [1.82, 2.24) is 14.1 Å². The highest BCUT2D eigenvalue weighted by Gasteiger charge is 2.43. The van der Waals surface area contributed by atoms with Crippen LogP contribution in [0.5, 0.6) is 0 Å². The largest absolute Gasteiger partial charge is 0.338 e. The van der Waals surface area contributed by atoms with Gasteiger partial charge in [-0.05, 0) is 36.1 Å². The number of aromatic nitrogens is 2. The Bertz CT molecular complexity index is 1160. The number of amides is 2. The zero-order valence-corrected chi connectivity index (χ0v) is 18.0. The van der Waals surface area contributed by atoms with E-state index in [4.69, 9.17) is 11.6 Å². The highest BCUT2D eigenvalue weighted by molar-refractivity contribution is 7.89. The highest BCUT2D eigenvalue weighted by Crippen LogP contribution is 2.34. The maximum atomic E-state index is 13.2. The third-order valence-corrected chi connectivity index (χ3v) is 7.25. The van der Waals surface area contributed by atoms with Gasteiger partial charge in [0.25, 0.3) is 10.0 Å². The molecule has 0 saturated heterocycles. The number of benzene rings is 2. The van der Waals surface area contributed by atoms with Crippen LogP contribution in [0.1, 0.15) is 11.1 Å². The first-order valence-corrected chi connectivity index (χ1v) is 11.3. The minimum atomic E-state index is -3.99. The Balaban J connectivity index is 1.62. The molecule has 7 nitrogen and oxygen atoms in total. The van der Waals surface area contributed by atoms with Crippen molar-refractivity contribution >= 4 is 33.3 Å². The van der Waals surface area contributed by atoms with Crippen molar-refractivity contribution in [2.24, 2.45) is 7.05 Å². The minimum absolute atomic E-state index is 0.0336. The Morgan fingerprint density at radius 3 is 2.27 bits per heavy atom. The summed E-state index contributed by atoms with van der Waals surface area (Å²) < 4.78 is 28.6. The smallest absolute Gasteiger partial charge is 0.289 e. The summed E-state index contributed by atoms with van der Waals surface area (Å²) in [6.07, 6.45) is 2.43. The molecule has 0 fully saturated rings. The van der Waals surface area contributed by atoms with E-state index < -0.39 is 16.1 Å². The lowest BCUT2D eigenvalue weighted by molar-refractivity contribution is 0.227. The average molecular weight is 445 g/mol.